The number of carbonyl (C=O) groups excluding carboxylic acids is 2. The van der Waals surface area contributed by atoms with Crippen LogP contribution in [0.25, 0.3) is 0 Å². The van der Waals surface area contributed by atoms with E-state index in [1.165, 1.54) is 4.90 Å². The number of para-hydroxylation sites is 1. The maximum atomic E-state index is 13.7. The van der Waals surface area contributed by atoms with Crippen LogP contribution >= 0.6 is 23.2 Å². The van der Waals surface area contributed by atoms with Crippen LogP contribution < -0.4 is 9.62 Å². The molecule has 0 spiro atoms. The van der Waals surface area contributed by atoms with Crippen LogP contribution in [0.4, 0.5) is 5.69 Å². The number of anilines is 1. The molecule has 0 aromatic heterocycles. The maximum Gasteiger partial charge on any atom is 0.244 e. The second-order valence-corrected chi connectivity index (χ2v) is 11.9. The number of benzene rings is 2. The van der Waals surface area contributed by atoms with Crippen LogP contribution in [-0.4, -0.2) is 50.0 Å². The molecule has 0 saturated heterocycles. The minimum atomic E-state index is -3.76. The molecule has 1 aliphatic carbocycles. The van der Waals surface area contributed by atoms with E-state index in [2.05, 4.69) is 5.32 Å². The van der Waals surface area contributed by atoms with E-state index in [0.717, 1.165) is 42.7 Å². The first-order valence-corrected chi connectivity index (χ1v) is 14.8. The van der Waals surface area contributed by atoms with Crippen LogP contribution in [0.3, 0.4) is 0 Å². The molecule has 0 heterocycles. The highest BCUT2D eigenvalue weighted by atomic mass is 35.5. The van der Waals surface area contributed by atoms with Crippen molar-refractivity contribution in [1.29, 1.82) is 0 Å². The molecule has 0 bridgehead atoms. The lowest BCUT2D eigenvalue weighted by Crippen LogP contribution is -2.53. The molecule has 2 aromatic carbocycles. The fourth-order valence-corrected chi connectivity index (χ4v) is 5.68. The van der Waals surface area contributed by atoms with Crippen molar-refractivity contribution >= 4 is 50.7 Å². The van der Waals surface area contributed by atoms with Gasteiger partial charge in [-0.05, 0) is 49.1 Å². The van der Waals surface area contributed by atoms with E-state index in [0.29, 0.717) is 27.7 Å². The molecular weight excluding hydrogens is 521 g/mol. The number of nitrogens with one attached hydrogen (secondary N) is 1. The topological polar surface area (TPSA) is 86.8 Å². The normalized spacial score (nSPS) is 15.2. The fourth-order valence-electron chi connectivity index (χ4n) is 4.51. The van der Waals surface area contributed by atoms with Gasteiger partial charge in [-0.1, -0.05) is 73.7 Å². The Bertz CT molecular complexity index is 1160. The Morgan fingerprint density at radius 1 is 1.03 bits per heavy atom. The SMILES string of the molecule is CCC(C(=O)NC1CCCCC1)N(Cc1ccc(Cl)c(Cl)c1)C(=O)CN(c1ccccc1)S(C)(=O)=O. The third-order valence-electron chi connectivity index (χ3n) is 6.40. The summed E-state index contributed by atoms with van der Waals surface area (Å²) >= 11 is 12.3. The predicted molar refractivity (Wildman–Crippen MR) is 145 cm³/mol. The van der Waals surface area contributed by atoms with Crippen molar-refractivity contribution in [2.75, 3.05) is 17.1 Å². The average molecular weight is 555 g/mol. The molecule has 1 unspecified atom stereocenters. The minimum Gasteiger partial charge on any atom is -0.352 e. The molecular formula is C26H33Cl2N3O4S. The number of hydrogen-bond acceptors (Lipinski definition) is 4. The number of amides is 2. The summed E-state index contributed by atoms with van der Waals surface area (Å²) in [5, 5.41) is 3.83. The Kier molecular flexibility index (Phi) is 10.0. The molecule has 3 rings (SSSR count). The van der Waals surface area contributed by atoms with Gasteiger partial charge in [-0.2, -0.15) is 0 Å². The van der Waals surface area contributed by atoms with Gasteiger partial charge in [-0.15, -0.1) is 0 Å². The zero-order chi connectivity index (χ0) is 26.3. The van der Waals surface area contributed by atoms with Gasteiger partial charge in [0.25, 0.3) is 0 Å². The van der Waals surface area contributed by atoms with Gasteiger partial charge in [0.05, 0.1) is 22.0 Å². The Morgan fingerprint density at radius 2 is 1.69 bits per heavy atom. The first-order valence-electron chi connectivity index (χ1n) is 12.2. The number of halogens is 2. The number of nitrogens with zero attached hydrogens (tertiary/aromatic N) is 2. The van der Waals surface area contributed by atoms with Gasteiger partial charge in [0.2, 0.25) is 21.8 Å². The van der Waals surface area contributed by atoms with E-state index in [9.17, 15) is 18.0 Å². The molecule has 1 saturated carbocycles. The molecule has 196 valence electrons. The molecule has 1 atom stereocenters. The van der Waals surface area contributed by atoms with Gasteiger partial charge in [-0.3, -0.25) is 13.9 Å². The smallest absolute Gasteiger partial charge is 0.244 e. The lowest BCUT2D eigenvalue weighted by Gasteiger charge is -2.34. The van der Waals surface area contributed by atoms with Crippen molar-refractivity contribution in [1.82, 2.24) is 10.2 Å². The Labute approximate surface area is 223 Å². The highest BCUT2D eigenvalue weighted by Gasteiger charge is 2.32. The van der Waals surface area contributed by atoms with Crippen molar-refractivity contribution < 1.29 is 18.0 Å². The van der Waals surface area contributed by atoms with Crippen LogP contribution in [0, 0.1) is 0 Å². The number of carbonyl (C=O) groups is 2. The van der Waals surface area contributed by atoms with Crippen LogP contribution in [0.2, 0.25) is 10.0 Å². The molecule has 10 heteroatoms. The zero-order valence-corrected chi connectivity index (χ0v) is 23.0. The van der Waals surface area contributed by atoms with Crippen molar-refractivity contribution in [2.45, 2.75) is 64.1 Å². The molecule has 1 fully saturated rings. The number of hydrogen-bond donors (Lipinski definition) is 1. The van der Waals surface area contributed by atoms with Gasteiger partial charge in [0, 0.05) is 12.6 Å². The highest BCUT2D eigenvalue weighted by Crippen LogP contribution is 2.25. The summed E-state index contributed by atoms with van der Waals surface area (Å²) in [6.07, 6.45) is 6.55. The minimum absolute atomic E-state index is 0.0821. The van der Waals surface area contributed by atoms with Gasteiger partial charge in [-0.25, -0.2) is 8.42 Å². The van der Waals surface area contributed by atoms with Crippen molar-refractivity contribution in [3.8, 4) is 0 Å². The lowest BCUT2D eigenvalue weighted by atomic mass is 9.95. The van der Waals surface area contributed by atoms with Gasteiger partial charge < -0.3 is 10.2 Å². The van der Waals surface area contributed by atoms with E-state index in [1.807, 2.05) is 6.92 Å². The van der Waals surface area contributed by atoms with Crippen LogP contribution in [-0.2, 0) is 26.2 Å². The van der Waals surface area contributed by atoms with Gasteiger partial charge >= 0.3 is 0 Å². The standard InChI is InChI=1S/C26H33Cl2N3O4S/c1-3-24(26(33)29-20-10-6-4-7-11-20)30(17-19-14-15-22(27)23(28)16-19)25(32)18-31(36(2,34)35)21-12-8-5-9-13-21/h5,8-9,12-16,20,24H,3-4,6-7,10-11,17-18H2,1-2H3,(H,29,33). The molecule has 1 N–H and O–H groups in total. The van der Waals surface area contributed by atoms with E-state index in [-0.39, 0.29) is 18.5 Å². The molecule has 1 aliphatic rings. The van der Waals surface area contributed by atoms with Crippen LogP contribution in [0.5, 0.6) is 0 Å². The van der Waals surface area contributed by atoms with Crippen LogP contribution in [0.15, 0.2) is 48.5 Å². The van der Waals surface area contributed by atoms with E-state index < -0.39 is 28.5 Å². The predicted octanol–water partition coefficient (Wildman–Crippen LogP) is 5.02. The van der Waals surface area contributed by atoms with E-state index >= 15 is 0 Å². The number of rotatable bonds is 10. The van der Waals surface area contributed by atoms with E-state index in [4.69, 9.17) is 23.2 Å². The van der Waals surface area contributed by atoms with E-state index in [1.54, 1.807) is 48.5 Å². The summed E-state index contributed by atoms with van der Waals surface area (Å²) in [7, 11) is -3.76. The molecule has 0 radical (unpaired) electrons. The van der Waals surface area contributed by atoms with Crippen LogP contribution in [0.1, 0.15) is 51.0 Å². The Hall–Kier alpha value is -2.29. The molecule has 0 aliphatic heterocycles. The summed E-state index contributed by atoms with van der Waals surface area (Å²) in [6.45, 7) is 1.49. The zero-order valence-electron chi connectivity index (χ0n) is 20.6. The monoisotopic (exact) mass is 553 g/mol. The average Bonchev–Trinajstić information content (AvgIpc) is 2.85. The van der Waals surface area contributed by atoms with Gasteiger partial charge in [0.1, 0.15) is 12.6 Å². The third kappa shape index (κ3) is 7.60. The molecule has 2 aromatic rings. The second-order valence-electron chi connectivity index (χ2n) is 9.14. The molecule has 36 heavy (non-hydrogen) atoms. The molecule has 7 nitrogen and oxygen atoms in total. The number of sulfonamides is 1. The lowest BCUT2D eigenvalue weighted by molar-refractivity contribution is -0.140. The summed E-state index contributed by atoms with van der Waals surface area (Å²) in [5.41, 5.74) is 1.06. The van der Waals surface area contributed by atoms with Crippen molar-refractivity contribution in [3.05, 3.63) is 64.1 Å². The van der Waals surface area contributed by atoms with Crippen molar-refractivity contribution in [3.63, 3.8) is 0 Å². The summed E-state index contributed by atoms with van der Waals surface area (Å²) in [6, 6.07) is 12.8. The largest absolute Gasteiger partial charge is 0.352 e. The fraction of sp³-hybridized carbons (Fsp3) is 0.462. The Morgan fingerprint density at radius 3 is 2.28 bits per heavy atom. The quantitative estimate of drug-likeness (QED) is 0.447. The first-order chi connectivity index (χ1) is 17.1. The maximum absolute atomic E-state index is 13.7. The Balaban J connectivity index is 1.91. The van der Waals surface area contributed by atoms with Gasteiger partial charge in [0.15, 0.2) is 0 Å². The second kappa shape index (κ2) is 12.8. The molecule has 2 amide bonds. The first kappa shape index (κ1) is 28.3. The summed E-state index contributed by atoms with van der Waals surface area (Å²) in [4.78, 5) is 28.5. The third-order valence-corrected chi connectivity index (χ3v) is 8.28. The van der Waals surface area contributed by atoms with Crippen molar-refractivity contribution in [2.24, 2.45) is 0 Å². The summed E-state index contributed by atoms with van der Waals surface area (Å²) < 4.78 is 26.3. The summed E-state index contributed by atoms with van der Waals surface area (Å²) in [5.74, 6) is -0.718. The highest BCUT2D eigenvalue weighted by molar-refractivity contribution is 7.92.